The van der Waals surface area contributed by atoms with E-state index < -0.39 is 6.04 Å². The van der Waals surface area contributed by atoms with Crippen LogP contribution in [0.4, 0.5) is 0 Å². The van der Waals surface area contributed by atoms with E-state index in [-0.39, 0.29) is 17.9 Å². The fourth-order valence-electron chi connectivity index (χ4n) is 3.13. The monoisotopic (exact) mass is 380 g/mol. The number of rotatable bonds is 10. The summed E-state index contributed by atoms with van der Waals surface area (Å²) in [5.74, 6) is -0.0647. The lowest BCUT2D eigenvalue weighted by Gasteiger charge is -2.32. The highest BCUT2D eigenvalue weighted by molar-refractivity contribution is 5.88. The van der Waals surface area contributed by atoms with Gasteiger partial charge < -0.3 is 10.2 Å². The molecule has 1 N–H and O–H groups in total. The molecule has 2 amide bonds. The minimum absolute atomic E-state index is 0.0200. The summed E-state index contributed by atoms with van der Waals surface area (Å²) < 4.78 is 0. The highest BCUT2D eigenvalue weighted by Crippen LogP contribution is 2.16. The molecule has 0 aliphatic carbocycles. The zero-order chi connectivity index (χ0) is 20.4. The fourth-order valence-corrected chi connectivity index (χ4v) is 3.13. The van der Waals surface area contributed by atoms with Crippen LogP contribution in [0, 0.1) is 0 Å². The van der Waals surface area contributed by atoms with Crippen LogP contribution in [0.15, 0.2) is 60.7 Å². The smallest absolute Gasteiger partial charge is 0.243 e. The molecule has 0 fully saturated rings. The average molecular weight is 381 g/mol. The molecule has 0 heterocycles. The van der Waals surface area contributed by atoms with Gasteiger partial charge in [-0.1, -0.05) is 74.5 Å². The van der Waals surface area contributed by atoms with Gasteiger partial charge in [0.05, 0.1) is 0 Å². The van der Waals surface area contributed by atoms with Gasteiger partial charge >= 0.3 is 0 Å². The van der Waals surface area contributed by atoms with Crippen LogP contribution in [0.25, 0.3) is 0 Å². The van der Waals surface area contributed by atoms with Gasteiger partial charge in [0.2, 0.25) is 11.8 Å². The van der Waals surface area contributed by atoms with E-state index in [1.54, 1.807) is 4.90 Å². The van der Waals surface area contributed by atoms with Gasteiger partial charge in [-0.25, -0.2) is 0 Å². The zero-order valence-corrected chi connectivity index (χ0v) is 17.2. The molecule has 0 spiro atoms. The highest BCUT2D eigenvalue weighted by atomic mass is 16.2. The van der Waals surface area contributed by atoms with Crippen LogP contribution < -0.4 is 5.32 Å². The summed E-state index contributed by atoms with van der Waals surface area (Å²) in [5, 5.41) is 3.08. The molecule has 150 valence electrons. The van der Waals surface area contributed by atoms with E-state index in [0.29, 0.717) is 19.4 Å². The zero-order valence-electron chi connectivity index (χ0n) is 17.2. The van der Waals surface area contributed by atoms with Crippen LogP contribution in [0.2, 0.25) is 0 Å². The van der Waals surface area contributed by atoms with Crippen molar-refractivity contribution in [3.8, 4) is 0 Å². The second-order valence-corrected chi connectivity index (χ2v) is 7.28. The summed E-state index contributed by atoms with van der Waals surface area (Å²) in [6, 6.07) is 19.3. The maximum Gasteiger partial charge on any atom is 0.243 e. The molecule has 0 unspecified atom stereocenters. The Morgan fingerprint density at radius 3 is 2.04 bits per heavy atom. The van der Waals surface area contributed by atoms with Gasteiger partial charge in [0.1, 0.15) is 6.04 Å². The van der Waals surface area contributed by atoms with Crippen LogP contribution in [-0.2, 0) is 22.6 Å². The molecule has 0 saturated heterocycles. The number of nitrogens with zero attached hydrogens (tertiary/aromatic N) is 1. The van der Waals surface area contributed by atoms with Gasteiger partial charge in [-0.3, -0.25) is 9.59 Å². The Morgan fingerprint density at radius 1 is 0.929 bits per heavy atom. The number of carbonyl (C=O) groups excluding carboxylic acids is 2. The topological polar surface area (TPSA) is 49.4 Å². The standard InChI is InChI=1S/C24H32N2O2/c1-4-12-23(27)26(18-21-15-10-7-11-16-21)22(24(28)25-19(3)5-2)17-20-13-8-6-9-14-20/h6-11,13-16,19,22H,4-5,12,17-18H2,1-3H3,(H,25,28)/t19-,22-/m0/s1. The first-order valence-corrected chi connectivity index (χ1v) is 10.2. The average Bonchev–Trinajstić information content (AvgIpc) is 2.72. The first kappa shape index (κ1) is 21.7. The number of hydrogen-bond acceptors (Lipinski definition) is 2. The van der Waals surface area contributed by atoms with E-state index in [1.807, 2.05) is 81.4 Å². The Morgan fingerprint density at radius 2 is 1.50 bits per heavy atom. The molecule has 0 aliphatic rings. The lowest BCUT2D eigenvalue weighted by Crippen LogP contribution is -2.52. The van der Waals surface area contributed by atoms with Crippen LogP contribution in [0.5, 0.6) is 0 Å². The Kier molecular flexibility index (Phi) is 8.73. The van der Waals surface area contributed by atoms with Crippen molar-refractivity contribution in [2.24, 2.45) is 0 Å². The van der Waals surface area contributed by atoms with E-state index >= 15 is 0 Å². The molecular formula is C24H32N2O2. The summed E-state index contributed by atoms with van der Waals surface area (Å²) in [6.07, 6.45) is 2.56. The van der Waals surface area contributed by atoms with Crippen LogP contribution >= 0.6 is 0 Å². The maximum atomic E-state index is 13.2. The van der Waals surface area contributed by atoms with Crippen LogP contribution in [0.1, 0.15) is 51.2 Å². The van der Waals surface area contributed by atoms with Gasteiger partial charge in [0.25, 0.3) is 0 Å². The molecule has 2 aromatic carbocycles. The minimum atomic E-state index is -0.532. The summed E-state index contributed by atoms with van der Waals surface area (Å²) in [4.78, 5) is 27.9. The van der Waals surface area contributed by atoms with Crippen LogP contribution in [-0.4, -0.2) is 28.8 Å². The normalized spacial score (nSPS) is 12.8. The first-order chi connectivity index (χ1) is 13.5. The minimum Gasteiger partial charge on any atom is -0.352 e. The predicted octanol–water partition coefficient (Wildman–Crippen LogP) is 4.34. The lowest BCUT2D eigenvalue weighted by atomic mass is 10.0. The molecular weight excluding hydrogens is 348 g/mol. The van der Waals surface area contributed by atoms with Gasteiger partial charge in [-0.15, -0.1) is 0 Å². The molecule has 0 bridgehead atoms. The molecule has 4 nitrogen and oxygen atoms in total. The van der Waals surface area contributed by atoms with E-state index in [9.17, 15) is 9.59 Å². The lowest BCUT2D eigenvalue weighted by molar-refractivity contribution is -0.141. The van der Waals surface area contributed by atoms with Gasteiger partial charge in [0.15, 0.2) is 0 Å². The second kappa shape index (κ2) is 11.3. The van der Waals surface area contributed by atoms with Gasteiger partial charge in [-0.2, -0.15) is 0 Å². The Bertz CT molecular complexity index is 731. The highest BCUT2D eigenvalue weighted by Gasteiger charge is 2.30. The van der Waals surface area contributed by atoms with Crippen molar-refractivity contribution < 1.29 is 9.59 Å². The number of nitrogens with one attached hydrogen (secondary N) is 1. The molecule has 2 rings (SSSR count). The van der Waals surface area contributed by atoms with Crippen molar-refractivity contribution in [1.29, 1.82) is 0 Å². The maximum absolute atomic E-state index is 13.2. The number of hydrogen-bond donors (Lipinski definition) is 1. The van der Waals surface area contributed by atoms with E-state index in [0.717, 1.165) is 24.0 Å². The number of benzene rings is 2. The summed E-state index contributed by atoms with van der Waals surface area (Å²) in [6.45, 7) is 6.46. The Balaban J connectivity index is 2.34. The molecule has 28 heavy (non-hydrogen) atoms. The van der Waals surface area contributed by atoms with Gasteiger partial charge in [-0.05, 0) is 30.9 Å². The molecule has 2 atom stereocenters. The third kappa shape index (κ3) is 6.52. The van der Waals surface area contributed by atoms with Crippen molar-refractivity contribution >= 4 is 11.8 Å². The summed E-state index contributed by atoms with van der Waals surface area (Å²) in [7, 11) is 0. The van der Waals surface area contributed by atoms with Crippen molar-refractivity contribution in [2.75, 3.05) is 0 Å². The van der Waals surface area contributed by atoms with E-state index in [4.69, 9.17) is 0 Å². The van der Waals surface area contributed by atoms with Crippen molar-refractivity contribution in [3.63, 3.8) is 0 Å². The predicted molar refractivity (Wildman–Crippen MR) is 114 cm³/mol. The summed E-state index contributed by atoms with van der Waals surface area (Å²) >= 11 is 0. The molecule has 0 aliphatic heterocycles. The molecule has 0 aromatic heterocycles. The van der Waals surface area contributed by atoms with Gasteiger partial charge in [0, 0.05) is 25.4 Å². The van der Waals surface area contributed by atoms with Crippen molar-refractivity contribution in [1.82, 2.24) is 10.2 Å². The third-order valence-corrected chi connectivity index (χ3v) is 4.93. The molecule has 0 radical (unpaired) electrons. The fraction of sp³-hybridized carbons (Fsp3) is 0.417. The number of amides is 2. The number of carbonyl (C=O) groups is 2. The summed E-state index contributed by atoms with van der Waals surface area (Å²) in [5.41, 5.74) is 2.08. The molecule has 4 heteroatoms. The Hall–Kier alpha value is -2.62. The van der Waals surface area contributed by atoms with Crippen molar-refractivity contribution in [3.05, 3.63) is 71.8 Å². The molecule has 2 aromatic rings. The van der Waals surface area contributed by atoms with Crippen molar-refractivity contribution in [2.45, 2.75) is 65.1 Å². The van der Waals surface area contributed by atoms with E-state index in [2.05, 4.69) is 5.32 Å². The third-order valence-electron chi connectivity index (χ3n) is 4.93. The largest absolute Gasteiger partial charge is 0.352 e. The second-order valence-electron chi connectivity index (χ2n) is 7.28. The molecule has 0 saturated carbocycles. The SMILES string of the molecule is CCCC(=O)N(Cc1ccccc1)[C@@H](Cc1ccccc1)C(=O)N[C@@H](C)CC. The quantitative estimate of drug-likeness (QED) is 0.666. The van der Waals surface area contributed by atoms with Crippen LogP contribution in [0.3, 0.4) is 0 Å². The first-order valence-electron chi connectivity index (χ1n) is 10.2. The van der Waals surface area contributed by atoms with E-state index in [1.165, 1.54) is 0 Å². The Labute approximate surface area is 169 Å².